The Morgan fingerprint density at radius 1 is 0.789 bits per heavy atom. The van der Waals surface area contributed by atoms with Gasteiger partial charge in [0.25, 0.3) is 0 Å². The third-order valence-corrected chi connectivity index (χ3v) is 3.92. The summed E-state index contributed by atoms with van der Waals surface area (Å²) in [6.45, 7) is 0. The van der Waals surface area contributed by atoms with E-state index < -0.39 is 0 Å². The molecule has 2 aromatic carbocycles. The molecule has 0 unspecified atom stereocenters. The summed E-state index contributed by atoms with van der Waals surface area (Å²) in [6.07, 6.45) is 3.06. The average Bonchev–Trinajstić information content (AvgIpc) is 2.93. The van der Waals surface area contributed by atoms with E-state index in [1.807, 2.05) is 41.3 Å². The van der Waals surface area contributed by atoms with E-state index in [0.29, 0.717) is 0 Å². The molecule has 1 aliphatic rings. The number of hydrogen-bond donors (Lipinski definition) is 0. The van der Waals surface area contributed by atoms with E-state index in [1.54, 1.807) is 0 Å². The molecule has 19 heavy (non-hydrogen) atoms. The lowest BCUT2D eigenvalue weighted by Crippen LogP contribution is -2.24. The van der Waals surface area contributed by atoms with Crippen LogP contribution in [0.4, 0.5) is 0 Å². The Kier molecular flexibility index (Phi) is 3.32. The van der Waals surface area contributed by atoms with E-state index in [9.17, 15) is 4.79 Å². The second-order valence-corrected chi connectivity index (χ2v) is 4.98. The number of rotatable bonds is 3. The van der Waals surface area contributed by atoms with Crippen molar-refractivity contribution in [1.82, 2.24) is 4.90 Å². The summed E-state index contributed by atoms with van der Waals surface area (Å²) in [4.78, 5) is 13.5. The van der Waals surface area contributed by atoms with Crippen LogP contribution >= 0.6 is 0 Å². The van der Waals surface area contributed by atoms with Gasteiger partial charge in [0.2, 0.25) is 6.41 Å². The summed E-state index contributed by atoms with van der Waals surface area (Å²) in [7, 11) is 0. The van der Waals surface area contributed by atoms with Gasteiger partial charge in [-0.3, -0.25) is 4.79 Å². The van der Waals surface area contributed by atoms with Gasteiger partial charge in [-0.2, -0.15) is 0 Å². The number of nitrogens with zero attached hydrogens (tertiary/aromatic N) is 1. The molecule has 2 atom stereocenters. The van der Waals surface area contributed by atoms with Gasteiger partial charge in [0.05, 0.1) is 12.1 Å². The van der Waals surface area contributed by atoms with Crippen molar-refractivity contribution in [3.8, 4) is 0 Å². The van der Waals surface area contributed by atoms with Crippen LogP contribution < -0.4 is 0 Å². The summed E-state index contributed by atoms with van der Waals surface area (Å²) >= 11 is 0. The second-order valence-electron chi connectivity index (χ2n) is 4.98. The molecular weight excluding hydrogens is 234 g/mol. The van der Waals surface area contributed by atoms with Crippen LogP contribution in [0.2, 0.25) is 0 Å². The van der Waals surface area contributed by atoms with Gasteiger partial charge in [0, 0.05) is 0 Å². The molecule has 96 valence electrons. The predicted octanol–water partition coefficient (Wildman–Crippen LogP) is 3.72. The largest absolute Gasteiger partial charge is 0.331 e. The number of benzene rings is 2. The van der Waals surface area contributed by atoms with Crippen LogP contribution in [0.3, 0.4) is 0 Å². The number of carbonyl (C=O) groups is 1. The molecule has 0 aliphatic carbocycles. The summed E-state index contributed by atoms with van der Waals surface area (Å²) in [5, 5.41) is 0. The zero-order valence-corrected chi connectivity index (χ0v) is 10.8. The smallest absolute Gasteiger partial charge is 0.210 e. The maximum atomic E-state index is 11.5. The van der Waals surface area contributed by atoms with Crippen LogP contribution in [-0.2, 0) is 4.79 Å². The summed E-state index contributed by atoms with van der Waals surface area (Å²) in [6, 6.07) is 21.0. The van der Waals surface area contributed by atoms with E-state index in [0.717, 1.165) is 19.3 Å². The topological polar surface area (TPSA) is 20.3 Å². The van der Waals surface area contributed by atoms with Crippen LogP contribution in [0, 0.1) is 0 Å². The highest BCUT2D eigenvalue weighted by molar-refractivity contribution is 5.51. The lowest BCUT2D eigenvalue weighted by molar-refractivity contribution is -0.121. The van der Waals surface area contributed by atoms with Gasteiger partial charge >= 0.3 is 0 Å². The van der Waals surface area contributed by atoms with E-state index in [-0.39, 0.29) is 12.1 Å². The molecule has 0 radical (unpaired) electrons. The molecule has 0 N–H and O–H groups in total. The molecule has 3 rings (SSSR count). The van der Waals surface area contributed by atoms with E-state index in [1.165, 1.54) is 11.1 Å². The summed E-state index contributed by atoms with van der Waals surface area (Å²) in [5.41, 5.74) is 2.46. The van der Waals surface area contributed by atoms with Crippen LogP contribution in [0.5, 0.6) is 0 Å². The van der Waals surface area contributed by atoms with Crippen molar-refractivity contribution in [3.63, 3.8) is 0 Å². The lowest BCUT2D eigenvalue weighted by atomic mass is 10.0. The Balaban J connectivity index is 1.89. The van der Waals surface area contributed by atoms with Crippen molar-refractivity contribution in [2.24, 2.45) is 0 Å². The van der Waals surface area contributed by atoms with E-state index >= 15 is 0 Å². The number of amides is 1. The van der Waals surface area contributed by atoms with Gasteiger partial charge in [-0.05, 0) is 24.0 Å². The van der Waals surface area contributed by atoms with E-state index in [4.69, 9.17) is 0 Å². The van der Waals surface area contributed by atoms with Gasteiger partial charge in [-0.15, -0.1) is 0 Å². The highest BCUT2D eigenvalue weighted by Gasteiger charge is 2.33. The molecule has 0 saturated carbocycles. The van der Waals surface area contributed by atoms with Gasteiger partial charge in [0.15, 0.2) is 0 Å². The Morgan fingerprint density at radius 2 is 1.21 bits per heavy atom. The van der Waals surface area contributed by atoms with Crippen molar-refractivity contribution in [3.05, 3.63) is 71.8 Å². The molecule has 0 aromatic heterocycles. The first-order valence-corrected chi connectivity index (χ1v) is 6.73. The highest BCUT2D eigenvalue weighted by Crippen LogP contribution is 2.42. The monoisotopic (exact) mass is 251 g/mol. The average molecular weight is 251 g/mol. The summed E-state index contributed by atoms with van der Waals surface area (Å²) in [5.74, 6) is 0. The minimum absolute atomic E-state index is 0.212. The van der Waals surface area contributed by atoms with Crippen molar-refractivity contribution >= 4 is 6.41 Å². The van der Waals surface area contributed by atoms with Crippen LogP contribution in [0.25, 0.3) is 0 Å². The van der Waals surface area contributed by atoms with Crippen molar-refractivity contribution < 1.29 is 4.79 Å². The third kappa shape index (κ3) is 2.26. The normalized spacial score (nSPS) is 22.4. The molecule has 1 amide bonds. The zero-order valence-electron chi connectivity index (χ0n) is 10.8. The number of likely N-dealkylation sites (tertiary alicyclic amines) is 1. The fourth-order valence-electron chi connectivity index (χ4n) is 3.01. The summed E-state index contributed by atoms with van der Waals surface area (Å²) < 4.78 is 0. The molecule has 0 spiro atoms. The second kappa shape index (κ2) is 5.27. The van der Waals surface area contributed by atoms with Crippen molar-refractivity contribution in [2.75, 3.05) is 0 Å². The Bertz CT molecular complexity index is 490. The Hall–Kier alpha value is -2.09. The van der Waals surface area contributed by atoms with Crippen molar-refractivity contribution in [2.45, 2.75) is 24.9 Å². The van der Waals surface area contributed by atoms with Gasteiger partial charge in [-0.1, -0.05) is 60.7 Å². The minimum atomic E-state index is 0.212. The van der Waals surface area contributed by atoms with Gasteiger partial charge in [0.1, 0.15) is 0 Å². The quantitative estimate of drug-likeness (QED) is 0.761. The fraction of sp³-hybridized carbons (Fsp3) is 0.235. The maximum Gasteiger partial charge on any atom is 0.210 e. The standard InChI is InChI=1S/C17H17NO/c19-13-18-16(14-7-3-1-4-8-14)11-12-17(18)15-9-5-2-6-10-15/h1-10,13,16-17H,11-12H2/t16-,17-/m1/s1. The first-order valence-electron chi connectivity index (χ1n) is 6.73. The number of carbonyl (C=O) groups excluding carboxylic acids is 1. The Labute approximate surface area is 113 Å². The van der Waals surface area contributed by atoms with E-state index in [2.05, 4.69) is 24.3 Å². The van der Waals surface area contributed by atoms with Crippen molar-refractivity contribution in [1.29, 1.82) is 0 Å². The molecule has 1 aliphatic heterocycles. The van der Waals surface area contributed by atoms with Gasteiger partial charge < -0.3 is 4.90 Å². The molecule has 2 heteroatoms. The molecular formula is C17H17NO. The molecule has 1 saturated heterocycles. The Morgan fingerprint density at radius 3 is 1.58 bits per heavy atom. The zero-order chi connectivity index (χ0) is 13.1. The first kappa shape index (κ1) is 12.0. The SMILES string of the molecule is O=CN1[C@@H](c2ccccc2)CC[C@@H]1c1ccccc1. The van der Waals surface area contributed by atoms with Crippen LogP contribution in [0.15, 0.2) is 60.7 Å². The highest BCUT2D eigenvalue weighted by atomic mass is 16.1. The molecule has 1 heterocycles. The molecule has 1 fully saturated rings. The first-order chi connectivity index (χ1) is 9.40. The molecule has 2 nitrogen and oxygen atoms in total. The minimum Gasteiger partial charge on any atom is -0.331 e. The molecule has 2 aromatic rings. The van der Waals surface area contributed by atoms with Gasteiger partial charge in [-0.25, -0.2) is 0 Å². The lowest BCUT2D eigenvalue weighted by Gasteiger charge is -2.26. The third-order valence-electron chi connectivity index (χ3n) is 3.92. The molecule has 0 bridgehead atoms. The fourth-order valence-corrected chi connectivity index (χ4v) is 3.01. The maximum absolute atomic E-state index is 11.5. The van der Waals surface area contributed by atoms with Crippen LogP contribution in [0.1, 0.15) is 36.1 Å². The number of hydrogen-bond acceptors (Lipinski definition) is 1. The van der Waals surface area contributed by atoms with Crippen LogP contribution in [-0.4, -0.2) is 11.3 Å². The predicted molar refractivity (Wildman–Crippen MR) is 75.5 cm³/mol.